The highest BCUT2D eigenvalue weighted by Crippen LogP contribution is 2.26. The lowest BCUT2D eigenvalue weighted by Crippen LogP contribution is -2.35. The van der Waals surface area contributed by atoms with E-state index >= 15 is 0 Å². The summed E-state index contributed by atoms with van der Waals surface area (Å²) in [5.41, 5.74) is 0. The lowest BCUT2D eigenvalue weighted by atomic mass is 9.95. The van der Waals surface area contributed by atoms with Crippen molar-refractivity contribution in [2.24, 2.45) is 5.92 Å². The van der Waals surface area contributed by atoms with Crippen molar-refractivity contribution in [1.82, 2.24) is 4.90 Å². The van der Waals surface area contributed by atoms with Gasteiger partial charge in [0.05, 0.1) is 6.10 Å². The number of thiophene rings is 1. The van der Waals surface area contributed by atoms with Crippen LogP contribution in [0, 0.1) is 24.7 Å². The van der Waals surface area contributed by atoms with Crippen molar-refractivity contribution >= 4 is 17.2 Å². The first kappa shape index (κ1) is 21.0. The molecule has 2 rings (SSSR count). The van der Waals surface area contributed by atoms with Crippen LogP contribution >= 0.6 is 11.3 Å². The minimum atomic E-state index is -0.326. The molecule has 1 aliphatic heterocycles. The summed E-state index contributed by atoms with van der Waals surface area (Å²) in [5.74, 6) is 6.68. The quantitative estimate of drug-likeness (QED) is 0.643. The largest absolute Gasteiger partial charge is 0.393 e. The van der Waals surface area contributed by atoms with Crippen molar-refractivity contribution in [3.8, 4) is 11.8 Å². The van der Waals surface area contributed by atoms with Crippen LogP contribution in [0.5, 0.6) is 0 Å². The van der Waals surface area contributed by atoms with Gasteiger partial charge in [-0.15, -0.1) is 23.2 Å². The second-order valence-electron chi connectivity index (χ2n) is 7.43. The Balaban J connectivity index is 1.75. The summed E-state index contributed by atoms with van der Waals surface area (Å²) in [6.07, 6.45) is 6.62. The fraction of sp³-hybridized carbons (Fsp3) is 0.682. The second kappa shape index (κ2) is 10.7. The number of aliphatic hydroxyl groups excluding tert-OH is 1. The minimum absolute atomic E-state index is 0.196. The van der Waals surface area contributed by atoms with Crippen molar-refractivity contribution in [1.29, 1.82) is 0 Å². The van der Waals surface area contributed by atoms with Gasteiger partial charge in [0.1, 0.15) is 0 Å². The Bertz CT molecular complexity index is 628. The first-order chi connectivity index (χ1) is 12.5. The maximum atomic E-state index is 12.2. The molecule has 3 nitrogen and oxygen atoms in total. The van der Waals surface area contributed by atoms with E-state index in [2.05, 4.69) is 42.7 Å². The standard InChI is InChI=1S/C22H33NO2S/c1-4-5-6-8-17(2)21(24)14-11-19-12-15-22(25)23(19)16-7-9-20-13-10-18(3)26-20/h10,13,17,19,21,24H,4,7-9,11-12,14-16H2,1-3H3/t17-,19+,21-/m1/s1. The van der Waals surface area contributed by atoms with E-state index in [9.17, 15) is 9.90 Å². The van der Waals surface area contributed by atoms with Gasteiger partial charge in [-0.25, -0.2) is 0 Å². The van der Waals surface area contributed by atoms with Crippen molar-refractivity contribution in [2.45, 2.75) is 84.3 Å². The van der Waals surface area contributed by atoms with Gasteiger partial charge in [0.2, 0.25) is 5.91 Å². The Labute approximate surface area is 162 Å². The van der Waals surface area contributed by atoms with Crippen LogP contribution in [-0.2, 0) is 11.2 Å². The van der Waals surface area contributed by atoms with E-state index in [1.165, 1.54) is 9.75 Å². The molecule has 0 unspecified atom stereocenters. The topological polar surface area (TPSA) is 40.5 Å². The molecule has 1 N–H and O–H groups in total. The summed E-state index contributed by atoms with van der Waals surface area (Å²) in [5, 5.41) is 10.4. The molecular weight excluding hydrogens is 342 g/mol. The summed E-state index contributed by atoms with van der Waals surface area (Å²) in [6, 6.07) is 4.66. The molecule has 0 radical (unpaired) electrons. The molecule has 0 bridgehead atoms. The molecule has 1 aliphatic rings. The maximum Gasteiger partial charge on any atom is 0.222 e. The maximum absolute atomic E-state index is 12.2. The third kappa shape index (κ3) is 6.45. The molecule has 1 fully saturated rings. The van der Waals surface area contributed by atoms with Gasteiger partial charge >= 0.3 is 0 Å². The fourth-order valence-corrected chi connectivity index (χ4v) is 4.52. The highest BCUT2D eigenvalue weighted by atomic mass is 32.1. The van der Waals surface area contributed by atoms with Crippen LogP contribution in [0.1, 0.15) is 68.5 Å². The molecule has 2 heterocycles. The lowest BCUT2D eigenvalue weighted by molar-refractivity contribution is -0.129. The Kier molecular flexibility index (Phi) is 8.68. The molecule has 3 atom stereocenters. The van der Waals surface area contributed by atoms with Crippen molar-refractivity contribution < 1.29 is 9.90 Å². The second-order valence-corrected chi connectivity index (χ2v) is 8.80. The predicted molar refractivity (Wildman–Crippen MR) is 109 cm³/mol. The van der Waals surface area contributed by atoms with E-state index in [-0.39, 0.29) is 17.9 Å². The highest BCUT2D eigenvalue weighted by molar-refractivity contribution is 7.11. The van der Waals surface area contributed by atoms with Crippen LogP contribution in [0.15, 0.2) is 12.1 Å². The molecule has 1 amide bonds. The van der Waals surface area contributed by atoms with Crippen LogP contribution in [0.2, 0.25) is 0 Å². The molecular formula is C22H33NO2S. The molecule has 0 aliphatic carbocycles. The Morgan fingerprint density at radius 2 is 2.19 bits per heavy atom. The third-order valence-electron chi connectivity index (χ3n) is 5.25. The Morgan fingerprint density at radius 3 is 2.88 bits per heavy atom. The summed E-state index contributed by atoms with van der Waals surface area (Å²) < 4.78 is 0. The molecule has 1 aromatic heterocycles. The van der Waals surface area contributed by atoms with Crippen LogP contribution in [0.4, 0.5) is 0 Å². The summed E-state index contributed by atoms with van der Waals surface area (Å²) in [7, 11) is 0. The summed E-state index contributed by atoms with van der Waals surface area (Å²) in [4.78, 5) is 17.1. The van der Waals surface area contributed by atoms with E-state index in [1.54, 1.807) is 0 Å². The van der Waals surface area contributed by atoms with E-state index in [4.69, 9.17) is 0 Å². The van der Waals surface area contributed by atoms with Crippen molar-refractivity contribution in [2.75, 3.05) is 6.54 Å². The van der Waals surface area contributed by atoms with E-state index < -0.39 is 0 Å². The first-order valence-corrected chi connectivity index (χ1v) is 10.8. The number of aryl methyl sites for hydroxylation is 2. The number of amides is 1. The average Bonchev–Trinajstić information content (AvgIpc) is 3.19. The predicted octanol–water partition coefficient (Wildman–Crippen LogP) is 4.56. The van der Waals surface area contributed by atoms with Gasteiger partial charge < -0.3 is 10.0 Å². The van der Waals surface area contributed by atoms with Gasteiger partial charge in [-0.2, -0.15) is 0 Å². The van der Waals surface area contributed by atoms with Gasteiger partial charge in [0.15, 0.2) is 0 Å². The number of hydrogen-bond donors (Lipinski definition) is 1. The summed E-state index contributed by atoms with van der Waals surface area (Å²) in [6.45, 7) is 7.08. The molecule has 26 heavy (non-hydrogen) atoms. The number of likely N-dealkylation sites (tertiary alicyclic amines) is 1. The smallest absolute Gasteiger partial charge is 0.222 e. The average molecular weight is 376 g/mol. The first-order valence-electron chi connectivity index (χ1n) is 9.99. The van der Waals surface area contributed by atoms with Gasteiger partial charge in [-0.05, 0) is 57.1 Å². The number of hydrogen-bond acceptors (Lipinski definition) is 3. The molecule has 0 aromatic carbocycles. The number of carbonyl (C=O) groups is 1. The van der Waals surface area contributed by atoms with Crippen LogP contribution < -0.4 is 0 Å². The minimum Gasteiger partial charge on any atom is -0.393 e. The van der Waals surface area contributed by atoms with Crippen molar-refractivity contribution in [3.05, 3.63) is 21.9 Å². The van der Waals surface area contributed by atoms with Gasteiger partial charge in [0.25, 0.3) is 0 Å². The van der Waals surface area contributed by atoms with E-state index in [0.29, 0.717) is 12.5 Å². The fourth-order valence-electron chi connectivity index (χ4n) is 3.59. The molecule has 4 heteroatoms. The van der Waals surface area contributed by atoms with Gasteiger partial charge in [-0.1, -0.05) is 13.8 Å². The number of aliphatic hydroxyl groups is 1. The lowest BCUT2D eigenvalue weighted by Gasteiger charge is -2.26. The monoisotopic (exact) mass is 375 g/mol. The summed E-state index contributed by atoms with van der Waals surface area (Å²) >= 11 is 1.85. The molecule has 0 spiro atoms. The van der Waals surface area contributed by atoms with E-state index in [0.717, 1.165) is 51.5 Å². The SMILES string of the molecule is CCC#CC[C@@H](C)[C@H](O)CC[C@H]1CCC(=O)N1CCCc1ccc(C)s1. The molecule has 1 aromatic rings. The Hall–Kier alpha value is -1.31. The van der Waals surface area contributed by atoms with Crippen LogP contribution in [0.25, 0.3) is 0 Å². The number of carbonyl (C=O) groups excluding carboxylic acids is 1. The zero-order valence-electron chi connectivity index (χ0n) is 16.5. The zero-order chi connectivity index (χ0) is 18.9. The normalized spacial score (nSPS) is 19.3. The van der Waals surface area contributed by atoms with Gasteiger partial charge in [-0.3, -0.25) is 4.79 Å². The molecule has 1 saturated heterocycles. The highest BCUT2D eigenvalue weighted by Gasteiger charge is 2.30. The van der Waals surface area contributed by atoms with Crippen LogP contribution in [-0.4, -0.2) is 34.6 Å². The van der Waals surface area contributed by atoms with E-state index in [1.807, 2.05) is 18.3 Å². The third-order valence-corrected chi connectivity index (χ3v) is 6.31. The zero-order valence-corrected chi connectivity index (χ0v) is 17.3. The van der Waals surface area contributed by atoms with Crippen molar-refractivity contribution in [3.63, 3.8) is 0 Å². The number of nitrogens with zero attached hydrogens (tertiary/aromatic N) is 1. The number of rotatable bonds is 9. The Morgan fingerprint density at radius 1 is 1.38 bits per heavy atom. The van der Waals surface area contributed by atoms with Gasteiger partial charge in [0, 0.05) is 41.6 Å². The van der Waals surface area contributed by atoms with Crippen LogP contribution in [0.3, 0.4) is 0 Å². The molecule has 144 valence electrons. The molecule has 0 saturated carbocycles.